The molecule has 7 heteroatoms. The van der Waals surface area contributed by atoms with E-state index in [0.717, 1.165) is 50.5 Å². The van der Waals surface area contributed by atoms with E-state index in [1.807, 2.05) is 12.1 Å². The molecule has 0 bridgehead atoms. The highest BCUT2D eigenvalue weighted by molar-refractivity contribution is 5.44. The van der Waals surface area contributed by atoms with Gasteiger partial charge >= 0.3 is 0 Å². The van der Waals surface area contributed by atoms with Gasteiger partial charge in [0.2, 0.25) is 0 Å². The molecule has 2 heterocycles. The van der Waals surface area contributed by atoms with Crippen LogP contribution in [0.1, 0.15) is 18.1 Å². The molecule has 0 aromatic heterocycles. The molecule has 2 saturated heterocycles. The third kappa shape index (κ3) is 5.43. The van der Waals surface area contributed by atoms with Crippen molar-refractivity contribution < 1.29 is 24.4 Å². The number of phenolic OH excluding ortho intramolecular Hbond substituents is 2. The van der Waals surface area contributed by atoms with Crippen LogP contribution in [0.4, 0.5) is 0 Å². The van der Waals surface area contributed by atoms with Crippen LogP contribution in [-0.4, -0.2) is 72.1 Å². The first-order chi connectivity index (χ1) is 14.6. The van der Waals surface area contributed by atoms with Gasteiger partial charge in [-0.3, -0.25) is 9.80 Å². The molecule has 0 radical (unpaired) electrons. The van der Waals surface area contributed by atoms with Crippen molar-refractivity contribution in [1.29, 1.82) is 0 Å². The Hall–Kier alpha value is -2.32. The third-order valence-corrected chi connectivity index (χ3v) is 5.55. The minimum absolute atomic E-state index is 0.196. The van der Waals surface area contributed by atoms with Crippen molar-refractivity contribution in [3.63, 3.8) is 0 Å². The molecule has 2 aromatic rings. The van der Waals surface area contributed by atoms with Crippen LogP contribution < -0.4 is 4.74 Å². The molecule has 0 saturated carbocycles. The number of hydrogen-bond donors (Lipinski definition) is 2. The molecular formula is C23H30N2O5. The molecule has 1 atom stereocenters. The second kappa shape index (κ2) is 9.66. The molecule has 2 aliphatic rings. The van der Waals surface area contributed by atoms with Gasteiger partial charge in [-0.05, 0) is 43.3 Å². The lowest BCUT2D eigenvalue weighted by molar-refractivity contribution is -0.0214. The summed E-state index contributed by atoms with van der Waals surface area (Å²) < 4.78 is 17.0. The summed E-state index contributed by atoms with van der Waals surface area (Å²) in [4.78, 5) is 4.53. The van der Waals surface area contributed by atoms with Crippen molar-refractivity contribution >= 4 is 0 Å². The first kappa shape index (κ1) is 20.9. The average Bonchev–Trinajstić information content (AvgIpc) is 2.74. The van der Waals surface area contributed by atoms with E-state index in [-0.39, 0.29) is 17.6 Å². The van der Waals surface area contributed by atoms with Crippen molar-refractivity contribution in [2.24, 2.45) is 0 Å². The van der Waals surface area contributed by atoms with Crippen LogP contribution >= 0.6 is 0 Å². The number of rotatable bonds is 6. The standard InChI is InChI=1S/C23H30N2O5/c1-17-14-25(8-11-29-17)16-19-13-21(3-5-23(19)27)30-20-2-4-22(26)18(12-20)15-24-6-9-28-10-7-24/h2-5,12-13,17,26-27H,6-11,14-16H2,1H3. The van der Waals surface area contributed by atoms with Crippen LogP contribution in [0.15, 0.2) is 36.4 Å². The molecule has 2 aliphatic heterocycles. The Bertz CT molecular complexity index is 853. The molecule has 0 aliphatic carbocycles. The normalized spacial score (nSPS) is 20.9. The van der Waals surface area contributed by atoms with Gasteiger partial charge in [-0.2, -0.15) is 0 Å². The lowest BCUT2D eigenvalue weighted by Crippen LogP contribution is -2.40. The highest BCUT2D eigenvalue weighted by atomic mass is 16.5. The highest BCUT2D eigenvalue weighted by Crippen LogP contribution is 2.31. The van der Waals surface area contributed by atoms with Crippen molar-refractivity contribution in [3.05, 3.63) is 47.5 Å². The maximum absolute atomic E-state index is 10.3. The van der Waals surface area contributed by atoms with E-state index >= 15 is 0 Å². The van der Waals surface area contributed by atoms with Gasteiger partial charge < -0.3 is 24.4 Å². The number of ether oxygens (including phenoxy) is 3. The predicted molar refractivity (Wildman–Crippen MR) is 113 cm³/mol. The Labute approximate surface area is 177 Å². The second-order valence-corrected chi connectivity index (χ2v) is 7.99. The Kier molecular flexibility index (Phi) is 6.74. The zero-order chi connectivity index (χ0) is 20.9. The molecule has 1 unspecified atom stereocenters. The lowest BCUT2D eigenvalue weighted by atomic mass is 10.1. The van der Waals surface area contributed by atoms with Gasteiger partial charge in [0, 0.05) is 50.4 Å². The molecule has 4 rings (SSSR count). The van der Waals surface area contributed by atoms with Crippen LogP contribution in [0.2, 0.25) is 0 Å². The van der Waals surface area contributed by atoms with Gasteiger partial charge in [-0.15, -0.1) is 0 Å². The van der Waals surface area contributed by atoms with Crippen molar-refractivity contribution in [2.45, 2.75) is 26.1 Å². The summed E-state index contributed by atoms with van der Waals surface area (Å²) in [6.45, 7) is 8.90. The first-order valence-corrected chi connectivity index (χ1v) is 10.5. The van der Waals surface area contributed by atoms with Crippen molar-refractivity contribution in [3.8, 4) is 23.0 Å². The molecule has 2 N–H and O–H groups in total. The molecule has 2 aromatic carbocycles. The van der Waals surface area contributed by atoms with Crippen LogP contribution in [0.25, 0.3) is 0 Å². The van der Waals surface area contributed by atoms with E-state index in [2.05, 4.69) is 16.7 Å². The zero-order valence-electron chi connectivity index (χ0n) is 17.4. The molecule has 0 spiro atoms. The fraction of sp³-hybridized carbons (Fsp3) is 0.478. The molecule has 30 heavy (non-hydrogen) atoms. The lowest BCUT2D eigenvalue weighted by Gasteiger charge is -2.31. The van der Waals surface area contributed by atoms with E-state index in [1.165, 1.54) is 0 Å². The molecular weight excluding hydrogens is 384 g/mol. The molecule has 162 valence electrons. The van der Waals surface area contributed by atoms with Crippen LogP contribution in [0.3, 0.4) is 0 Å². The van der Waals surface area contributed by atoms with E-state index in [4.69, 9.17) is 14.2 Å². The first-order valence-electron chi connectivity index (χ1n) is 10.5. The molecule has 2 fully saturated rings. The Morgan fingerprint density at radius 3 is 2.03 bits per heavy atom. The van der Waals surface area contributed by atoms with Gasteiger partial charge in [0.1, 0.15) is 23.0 Å². The monoisotopic (exact) mass is 414 g/mol. The minimum atomic E-state index is 0.196. The number of hydrogen-bond acceptors (Lipinski definition) is 7. The maximum atomic E-state index is 10.3. The van der Waals surface area contributed by atoms with Gasteiger partial charge in [0.25, 0.3) is 0 Å². The Morgan fingerprint density at radius 2 is 1.43 bits per heavy atom. The molecule has 7 nitrogen and oxygen atoms in total. The third-order valence-electron chi connectivity index (χ3n) is 5.55. The summed E-state index contributed by atoms with van der Waals surface area (Å²) in [5.74, 6) is 1.85. The summed E-state index contributed by atoms with van der Waals surface area (Å²) >= 11 is 0. The summed E-state index contributed by atoms with van der Waals surface area (Å²) in [5.41, 5.74) is 1.66. The smallest absolute Gasteiger partial charge is 0.128 e. The fourth-order valence-electron chi connectivity index (χ4n) is 3.92. The van der Waals surface area contributed by atoms with Gasteiger partial charge in [-0.1, -0.05) is 0 Å². The summed E-state index contributed by atoms with van der Waals surface area (Å²) in [5, 5.41) is 20.6. The van der Waals surface area contributed by atoms with Crippen LogP contribution in [0, 0.1) is 0 Å². The van der Waals surface area contributed by atoms with Crippen molar-refractivity contribution in [1.82, 2.24) is 9.80 Å². The number of benzene rings is 2. The fourth-order valence-corrected chi connectivity index (χ4v) is 3.92. The zero-order valence-corrected chi connectivity index (χ0v) is 17.4. The molecule has 0 amide bonds. The average molecular weight is 415 g/mol. The number of nitrogens with zero attached hydrogens (tertiary/aromatic N) is 2. The van der Waals surface area contributed by atoms with E-state index in [1.54, 1.807) is 24.3 Å². The summed E-state index contributed by atoms with van der Waals surface area (Å²) in [6.07, 6.45) is 0.196. The highest BCUT2D eigenvalue weighted by Gasteiger charge is 2.18. The van der Waals surface area contributed by atoms with E-state index in [9.17, 15) is 10.2 Å². The van der Waals surface area contributed by atoms with Crippen molar-refractivity contribution in [2.75, 3.05) is 46.0 Å². The van der Waals surface area contributed by atoms with Gasteiger partial charge in [-0.25, -0.2) is 0 Å². The van der Waals surface area contributed by atoms with Crippen LogP contribution in [-0.2, 0) is 22.6 Å². The minimum Gasteiger partial charge on any atom is -0.508 e. The summed E-state index contributed by atoms with van der Waals surface area (Å²) in [6, 6.07) is 10.6. The Morgan fingerprint density at radius 1 is 0.867 bits per heavy atom. The largest absolute Gasteiger partial charge is 0.508 e. The number of aromatic hydroxyl groups is 2. The Balaban J connectivity index is 1.45. The SMILES string of the molecule is CC1CN(Cc2cc(Oc3ccc(O)c(CN4CCOCC4)c3)ccc2O)CCO1. The number of morpholine rings is 2. The van der Waals surface area contributed by atoms with Crippen LogP contribution in [0.5, 0.6) is 23.0 Å². The number of phenols is 2. The van der Waals surface area contributed by atoms with Gasteiger partial charge in [0.05, 0.1) is 25.9 Å². The van der Waals surface area contributed by atoms with E-state index < -0.39 is 0 Å². The summed E-state index contributed by atoms with van der Waals surface area (Å²) in [7, 11) is 0. The predicted octanol–water partition coefficient (Wildman–Crippen LogP) is 2.94. The maximum Gasteiger partial charge on any atom is 0.128 e. The topological polar surface area (TPSA) is 74.6 Å². The van der Waals surface area contributed by atoms with Gasteiger partial charge in [0.15, 0.2) is 0 Å². The second-order valence-electron chi connectivity index (χ2n) is 7.99. The van der Waals surface area contributed by atoms with E-state index in [0.29, 0.717) is 31.2 Å². The quantitative estimate of drug-likeness (QED) is 0.753.